The van der Waals surface area contributed by atoms with E-state index in [0.717, 1.165) is 44.9 Å². The molecule has 3 N–H and O–H groups in total. The maximum atomic E-state index is 12.5. The molecular weight excluding hydrogens is 875 g/mol. The average molecular weight is 1000 g/mol. The van der Waals surface area contributed by atoms with Crippen molar-refractivity contribution in [2.24, 2.45) is 0 Å². The summed E-state index contributed by atoms with van der Waals surface area (Å²) >= 11 is 0. The number of nitrogens with one attached hydrogen (secondary N) is 1. The standard InChI is InChI=1S/C65H125NO5/c1-3-5-7-9-11-13-15-17-19-20-26-30-33-37-41-45-49-53-57-63(68)62(61-67)66-64(69)58-54-50-46-42-38-34-31-27-24-22-21-23-25-28-32-36-40-44-48-52-56-60-71-65(70)59-55-51-47-43-39-35-29-18-16-14-12-10-8-6-4-2/h22,24,53,57,62-63,67-68H,3-21,23,25-52,54-56,58-61H2,1-2H3,(H,66,69)/b24-22-,57-53+. The summed E-state index contributed by atoms with van der Waals surface area (Å²) in [5.41, 5.74) is 0. The molecule has 0 aliphatic rings. The molecule has 0 aliphatic carbocycles. The van der Waals surface area contributed by atoms with Gasteiger partial charge in [0.15, 0.2) is 0 Å². The first-order chi connectivity index (χ1) is 35.0. The van der Waals surface area contributed by atoms with Gasteiger partial charge in [0.1, 0.15) is 0 Å². The van der Waals surface area contributed by atoms with E-state index in [2.05, 4.69) is 31.3 Å². The smallest absolute Gasteiger partial charge is 0.305 e. The Morgan fingerprint density at radius 1 is 0.380 bits per heavy atom. The number of rotatable bonds is 60. The average Bonchev–Trinajstić information content (AvgIpc) is 3.37. The van der Waals surface area contributed by atoms with Crippen LogP contribution in [0, 0.1) is 0 Å². The van der Waals surface area contributed by atoms with Crippen molar-refractivity contribution in [1.29, 1.82) is 0 Å². The van der Waals surface area contributed by atoms with E-state index in [1.165, 1.54) is 283 Å². The largest absolute Gasteiger partial charge is 0.466 e. The van der Waals surface area contributed by atoms with Crippen molar-refractivity contribution in [2.45, 2.75) is 366 Å². The molecule has 0 bridgehead atoms. The summed E-state index contributed by atoms with van der Waals surface area (Å²) in [6, 6.07) is -0.634. The van der Waals surface area contributed by atoms with Gasteiger partial charge in [0.2, 0.25) is 5.91 Å². The zero-order valence-corrected chi connectivity index (χ0v) is 48.0. The van der Waals surface area contributed by atoms with Crippen molar-refractivity contribution in [1.82, 2.24) is 5.32 Å². The summed E-state index contributed by atoms with van der Waals surface area (Å²) in [5, 5.41) is 23.2. The number of hydrogen-bond acceptors (Lipinski definition) is 5. The molecule has 0 aromatic carbocycles. The summed E-state index contributed by atoms with van der Waals surface area (Å²) in [7, 11) is 0. The Morgan fingerprint density at radius 2 is 0.662 bits per heavy atom. The van der Waals surface area contributed by atoms with E-state index < -0.39 is 12.1 Å². The third-order valence-corrected chi connectivity index (χ3v) is 15.0. The topological polar surface area (TPSA) is 95.9 Å². The molecule has 71 heavy (non-hydrogen) atoms. The van der Waals surface area contributed by atoms with Crippen molar-refractivity contribution < 1.29 is 24.5 Å². The molecule has 0 radical (unpaired) electrons. The van der Waals surface area contributed by atoms with Gasteiger partial charge in [-0.1, -0.05) is 308 Å². The van der Waals surface area contributed by atoms with Gasteiger partial charge < -0.3 is 20.3 Å². The summed E-state index contributed by atoms with van der Waals surface area (Å²) in [5.74, 6) is -0.0621. The lowest BCUT2D eigenvalue weighted by Gasteiger charge is -2.20. The minimum Gasteiger partial charge on any atom is -0.466 e. The van der Waals surface area contributed by atoms with E-state index in [1.807, 2.05) is 6.08 Å². The SMILES string of the molecule is CCCCCCCCCCCCCCCCCC/C=C/C(O)C(CO)NC(=O)CCCCCCCCC/C=C\CCCCCCCCCCCCOC(=O)CCCCCCCCCCCCCCCCC. The molecule has 1 amide bonds. The number of allylic oxidation sites excluding steroid dienone is 3. The molecule has 0 spiro atoms. The molecule has 0 aliphatic heterocycles. The number of aliphatic hydroxyl groups is 2. The van der Waals surface area contributed by atoms with E-state index in [-0.39, 0.29) is 18.5 Å². The van der Waals surface area contributed by atoms with E-state index in [0.29, 0.717) is 19.4 Å². The molecule has 2 unspecified atom stereocenters. The van der Waals surface area contributed by atoms with Crippen LogP contribution in [-0.2, 0) is 14.3 Å². The molecule has 6 heteroatoms. The van der Waals surface area contributed by atoms with Crippen LogP contribution in [0.3, 0.4) is 0 Å². The molecule has 0 saturated heterocycles. The van der Waals surface area contributed by atoms with Gasteiger partial charge in [-0.05, 0) is 57.8 Å². The molecule has 0 heterocycles. The van der Waals surface area contributed by atoms with Crippen LogP contribution in [-0.4, -0.2) is 47.4 Å². The molecular formula is C65H125NO5. The van der Waals surface area contributed by atoms with Crippen LogP contribution in [0.15, 0.2) is 24.3 Å². The van der Waals surface area contributed by atoms with Crippen molar-refractivity contribution in [3.05, 3.63) is 24.3 Å². The van der Waals surface area contributed by atoms with Gasteiger partial charge in [0, 0.05) is 12.8 Å². The second-order valence-electron chi connectivity index (χ2n) is 22.1. The van der Waals surface area contributed by atoms with Gasteiger partial charge >= 0.3 is 5.97 Å². The molecule has 2 atom stereocenters. The number of ether oxygens (including phenoxy) is 1. The van der Waals surface area contributed by atoms with Crippen LogP contribution in [0.5, 0.6) is 0 Å². The number of unbranched alkanes of at least 4 members (excludes halogenated alkanes) is 47. The van der Waals surface area contributed by atoms with Gasteiger partial charge in [-0.3, -0.25) is 9.59 Å². The van der Waals surface area contributed by atoms with Crippen LogP contribution < -0.4 is 5.32 Å². The predicted molar refractivity (Wildman–Crippen MR) is 310 cm³/mol. The summed E-state index contributed by atoms with van der Waals surface area (Å²) < 4.78 is 5.49. The van der Waals surface area contributed by atoms with Crippen LogP contribution >= 0.6 is 0 Å². The van der Waals surface area contributed by atoms with E-state index in [1.54, 1.807) is 6.08 Å². The van der Waals surface area contributed by atoms with E-state index >= 15 is 0 Å². The number of aliphatic hydroxyl groups excluding tert-OH is 2. The third-order valence-electron chi connectivity index (χ3n) is 15.0. The minimum atomic E-state index is -0.849. The maximum Gasteiger partial charge on any atom is 0.305 e. The molecule has 420 valence electrons. The normalized spacial score (nSPS) is 12.7. The second kappa shape index (κ2) is 60.9. The maximum absolute atomic E-state index is 12.5. The second-order valence-corrected chi connectivity index (χ2v) is 22.1. The zero-order valence-electron chi connectivity index (χ0n) is 48.0. The molecule has 6 nitrogen and oxygen atoms in total. The molecule has 0 rings (SSSR count). The quantitative estimate of drug-likeness (QED) is 0.0320. The zero-order chi connectivity index (χ0) is 51.4. The number of hydrogen-bond donors (Lipinski definition) is 3. The summed E-state index contributed by atoms with van der Waals surface area (Å²) in [6.45, 7) is 4.93. The first-order valence-corrected chi connectivity index (χ1v) is 32.1. The van der Waals surface area contributed by atoms with Crippen molar-refractivity contribution in [3.8, 4) is 0 Å². The van der Waals surface area contributed by atoms with Crippen LogP contribution in [0.1, 0.15) is 354 Å². The first kappa shape index (κ1) is 69.3. The van der Waals surface area contributed by atoms with E-state index in [4.69, 9.17) is 4.74 Å². The van der Waals surface area contributed by atoms with Gasteiger partial charge in [-0.2, -0.15) is 0 Å². The molecule has 0 saturated carbocycles. The predicted octanol–water partition coefficient (Wildman–Crippen LogP) is 20.2. The highest BCUT2D eigenvalue weighted by atomic mass is 16.5. The lowest BCUT2D eigenvalue weighted by Crippen LogP contribution is -2.45. The van der Waals surface area contributed by atoms with Crippen LogP contribution in [0.2, 0.25) is 0 Å². The molecule has 0 aromatic heterocycles. The highest BCUT2D eigenvalue weighted by molar-refractivity contribution is 5.76. The van der Waals surface area contributed by atoms with Crippen molar-refractivity contribution in [3.63, 3.8) is 0 Å². The number of carbonyl (C=O) groups excluding carboxylic acids is 2. The van der Waals surface area contributed by atoms with Gasteiger partial charge in [0.05, 0.1) is 25.4 Å². The Kier molecular flexibility index (Phi) is 59.5. The first-order valence-electron chi connectivity index (χ1n) is 32.1. The van der Waals surface area contributed by atoms with E-state index in [9.17, 15) is 19.8 Å². The Morgan fingerprint density at radius 3 is 1.00 bits per heavy atom. The summed E-state index contributed by atoms with van der Waals surface area (Å²) in [6.07, 6.45) is 75.1. The lowest BCUT2D eigenvalue weighted by molar-refractivity contribution is -0.143. The number of amides is 1. The fourth-order valence-corrected chi connectivity index (χ4v) is 10.0. The Labute approximate surface area is 443 Å². The highest BCUT2D eigenvalue weighted by Crippen LogP contribution is 2.18. The van der Waals surface area contributed by atoms with Crippen molar-refractivity contribution in [2.75, 3.05) is 13.2 Å². The fraction of sp³-hybridized carbons (Fsp3) is 0.908. The monoisotopic (exact) mass is 1000 g/mol. The van der Waals surface area contributed by atoms with Crippen molar-refractivity contribution >= 4 is 11.9 Å². The fourth-order valence-electron chi connectivity index (χ4n) is 10.0. The Balaban J connectivity index is 3.44. The minimum absolute atomic E-state index is 0.0110. The van der Waals surface area contributed by atoms with Crippen LogP contribution in [0.25, 0.3) is 0 Å². The van der Waals surface area contributed by atoms with Gasteiger partial charge in [-0.25, -0.2) is 0 Å². The number of esters is 1. The Hall–Kier alpha value is -1.66. The van der Waals surface area contributed by atoms with Crippen LogP contribution in [0.4, 0.5) is 0 Å². The lowest BCUT2D eigenvalue weighted by atomic mass is 10.0. The van der Waals surface area contributed by atoms with Gasteiger partial charge in [-0.15, -0.1) is 0 Å². The molecule has 0 aromatic rings. The highest BCUT2D eigenvalue weighted by Gasteiger charge is 2.18. The Bertz CT molecular complexity index is 1110. The third kappa shape index (κ3) is 57.5. The molecule has 0 fully saturated rings. The summed E-state index contributed by atoms with van der Waals surface area (Å²) in [4.78, 5) is 24.6. The van der Waals surface area contributed by atoms with Gasteiger partial charge in [0.25, 0.3) is 0 Å². The number of carbonyl (C=O) groups is 2.